The first-order valence-electron chi connectivity index (χ1n) is 8.59. The number of carbonyl (C=O) groups excluding carboxylic acids is 1. The molecule has 1 amide bonds. The predicted molar refractivity (Wildman–Crippen MR) is 99.6 cm³/mol. The number of sulfone groups is 1. The zero-order chi connectivity index (χ0) is 18.6. The molecule has 1 saturated heterocycles. The van der Waals surface area contributed by atoms with Gasteiger partial charge in [0.1, 0.15) is 5.82 Å². The van der Waals surface area contributed by atoms with E-state index in [1.54, 1.807) is 29.4 Å². The Kier molecular flexibility index (Phi) is 5.51. The summed E-state index contributed by atoms with van der Waals surface area (Å²) in [6, 6.07) is 7.06. The van der Waals surface area contributed by atoms with Crippen molar-refractivity contribution in [3.8, 4) is 0 Å². The van der Waals surface area contributed by atoms with Gasteiger partial charge in [0.2, 0.25) is 0 Å². The molecule has 2 aromatic rings. The van der Waals surface area contributed by atoms with Crippen LogP contribution in [0, 0.1) is 0 Å². The van der Waals surface area contributed by atoms with Gasteiger partial charge in [-0.3, -0.25) is 9.78 Å². The van der Waals surface area contributed by atoms with E-state index in [9.17, 15) is 13.2 Å². The summed E-state index contributed by atoms with van der Waals surface area (Å²) in [4.78, 5) is 22.6. The number of hydrogen-bond acceptors (Lipinski definition) is 6. The molecule has 7 nitrogen and oxygen atoms in total. The smallest absolute Gasteiger partial charge is 0.255 e. The van der Waals surface area contributed by atoms with Crippen LogP contribution in [0.25, 0.3) is 0 Å². The van der Waals surface area contributed by atoms with Gasteiger partial charge in [0.25, 0.3) is 5.91 Å². The van der Waals surface area contributed by atoms with Crippen LogP contribution >= 0.6 is 0 Å². The maximum absolute atomic E-state index is 12.7. The fourth-order valence-electron chi connectivity index (χ4n) is 3.07. The van der Waals surface area contributed by atoms with Gasteiger partial charge in [0, 0.05) is 37.7 Å². The third-order valence-corrected chi connectivity index (χ3v) is 6.23. The van der Waals surface area contributed by atoms with E-state index in [4.69, 9.17) is 0 Å². The van der Waals surface area contributed by atoms with Crippen LogP contribution < -0.4 is 5.32 Å². The minimum absolute atomic E-state index is 0.0472. The number of nitrogens with one attached hydrogen (secondary N) is 1. The molecule has 1 N–H and O–H groups in total. The molecule has 0 aliphatic carbocycles. The van der Waals surface area contributed by atoms with E-state index in [1.807, 2.05) is 19.1 Å². The highest BCUT2D eigenvalue weighted by Crippen LogP contribution is 2.20. The van der Waals surface area contributed by atoms with Gasteiger partial charge in [-0.15, -0.1) is 0 Å². The molecule has 2 aromatic heterocycles. The molecule has 0 saturated carbocycles. The standard InChI is InChI=1S/C18H22N4O3S/c1-2-22(16-7-10-26(24,25)13-16)18(23)15-3-4-17(21-12-15)20-11-14-5-8-19-9-6-14/h3-6,8-9,12,16H,2,7,10-11,13H2,1H3,(H,20,21). The molecule has 3 rings (SSSR count). The minimum atomic E-state index is -3.03. The summed E-state index contributed by atoms with van der Waals surface area (Å²) in [5.74, 6) is 0.691. The molecule has 0 radical (unpaired) electrons. The summed E-state index contributed by atoms with van der Waals surface area (Å²) in [6.45, 7) is 2.95. The van der Waals surface area contributed by atoms with Gasteiger partial charge in [-0.2, -0.15) is 0 Å². The molecule has 26 heavy (non-hydrogen) atoms. The summed E-state index contributed by atoms with van der Waals surface area (Å²) >= 11 is 0. The molecule has 1 unspecified atom stereocenters. The lowest BCUT2D eigenvalue weighted by atomic mass is 10.1. The second kappa shape index (κ2) is 7.82. The molecular weight excluding hydrogens is 352 g/mol. The van der Waals surface area contributed by atoms with Gasteiger partial charge < -0.3 is 10.2 Å². The molecule has 1 aliphatic heterocycles. The van der Waals surface area contributed by atoms with Gasteiger partial charge >= 0.3 is 0 Å². The van der Waals surface area contributed by atoms with Crippen molar-refractivity contribution >= 4 is 21.6 Å². The van der Waals surface area contributed by atoms with Gasteiger partial charge in [-0.05, 0) is 43.2 Å². The van der Waals surface area contributed by atoms with Crippen molar-refractivity contribution in [3.63, 3.8) is 0 Å². The Labute approximate surface area is 153 Å². The van der Waals surface area contributed by atoms with Crippen molar-refractivity contribution in [1.82, 2.24) is 14.9 Å². The molecular formula is C18H22N4O3S. The lowest BCUT2D eigenvalue weighted by Crippen LogP contribution is -2.41. The van der Waals surface area contributed by atoms with Crippen LogP contribution in [0.15, 0.2) is 42.9 Å². The number of hydrogen-bond donors (Lipinski definition) is 1. The molecule has 0 aromatic carbocycles. The maximum atomic E-state index is 12.7. The first-order valence-corrected chi connectivity index (χ1v) is 10.4. The van der Waals surface area contributed by atoms with E-state index in [2.05, 4.69) is 15.3 Å². The highest BCUT2D eigenvalue weighted by molar-refractivity contribution is 7.91. The van der Waals surface area contributed by atoms with E-state index in [0.29, 0.717) is 30.9 Å². The summed E-state index contributed by atoms with van der Waals surface area (Å²) in [5.41, 5.74) is 1.55. The Bertz CT molecular complexity index is 854. The molecule has 0 spiro atoms. The minimum Gasteiger partial charge on any atom is -0.366 e. The van der Waals surface area contributed by atoms with E-state index >= 15 is 0 Å². The van der Waals surface area contributed by atoms with E-state index < -0.39 is 9.84 Å². The number of anilines is 1. The van der Waals surface area contributed by atoms with Crippen LogP contribution in [0.1, 0.15) is 29.3 Å². The topological polar surface area (TPSA) is 92.3 Å². The second-order valence-electron chi connectivity index (χ2n) is 6.29. The van der Waals surface area contributed by atoms with Crippen LogP contribution in [0.3, 0.4) is 0 Å². The number of nitrogens with zero attached hydrogens (tertiary/aromatic N) is 3. The molecule has 1 aliphatic rings. The van der Waals surface area contributed by atoms with Crippen LogP contribution in [0.4, 0.5) is 5.82 Å². The Hall–Kier alpha value is -2.48. The average Bonchev–Trinajstić information content (AvgIpc) is 3.01. The lowest BCUT2D eigenvalue weighted by molar-refractivity contribution is 0.0708. The Morgan fingerprint density at radius 1 is 1.27 bits per heavy atom. The highest BCUT2D eigenvalue weighted by Gasteiger charge is 2.34. The van der Waals surface area contributed by atoms with Crippen LogP contribution in [0.5, 0.6) is 0 Å². The summed E-state index contributed by atoms with van der Waals surface area (Å²) in [5, 5.41) is 3.19. The van der Waals surface area contributed by atoms with E-state index in [-0.39, 0.29) is 23.5 Å². The van der Waals surface area contributed by atoms with Crippen LogP contribution in [-0.4, -0.2) is 53.3 Å². The Morgan fingerprint density at radius 3 is 2.62 bits per heavy atom. The van der Waals surface area contributed by atoms with Crippen molar-refractivity contribution in [1.29, 1.82) is 0 Å². The normalized spacial score (nSPS) is 18.4. The SMILES string of the molecule is CCN(C(=O)c1ccc(NCc2ccncc2)nc1)C1CCS(=O)(=O)C1. The van der Waals surface area contributed by atoms with Crippen molar-refractivity contribution < 1.29 is 13.2 Å². The summed E-state index contributed by atoms with van der Waals surface area (Å²) < 4.78 is 23.4. The largest absolute Gasteiger partial charge is 0.366 e. The van der Waals surface area contributed by atoms with Gasteiger partial charge in [-0.25, -0.2) is 13.4 Å². The van der Waals surface area contributed by atoms with Crippen molar-refractivity contribution in [2.75, 3.05) is 23.4 Å². The van der Waals surface area contributed by atoms with Gasteiger partial charge in [0.05, 0.1) is 17.1 Å². The lowest BCUT2D eigenvalue weighted by Gasteiger charge is -2.26. The number of amides is 1. The van der Waals surface area contributed by atoms with E-state index in [1.165, 1.54) is 6.20 Å². The first kappa shape index (κ1) is 18.3. The first-order chi connectivity index (χ1) is 12.5. The monoisotopic (exact) mass is 374 g/mol. The van der Waals surface area contributed by atoms with E-state index in [0.717, 1.165) is 5.56 Å². The predicted octanol–water partition coefficient (Wildman–Crippen LogP) is 1.74. The fraction of sp³-hybridized carbons (Fsp3) is 0.389. The van der Waals surface area contributed by atoms with Crippen molar-refractivity contribution in [2.45, 2.75) is 25.9 Å². The number of rotatable bonds is 6. The molecule has 1 atom stereocenters. The highest BCUT2D eigenvalue weighted by atomic mass is 32.2. The second-order valence-corrected chi connectivity index (χ2v) is 8.52. The molecule has 1 fully saturated rings. The number of carbonyl (C=O) groups is 1. The molecule has 0 bridgehead atoms. The fourth-order valence-corrected chi connectivity index (χ4v) is 4.80. The quantitative estimate of drug-likeness (QED) is 0.828. The van der Waals surface area contributed by atoms with Crippen molar-refractivity contribution in [3.05, 3.63) is 54.0 Å². The maximum Gasteiger partial charge on any atom is 0.255 e. The number of aromatic nitrogens is 2. The Morgan fingerprint density at radius 2 is 2.04 bits per heavy atom. The Balaban J connectivity index is 1.64. The number of pyridine rings is 2. The average molecular weight is 374 g/mol. The third kappa shape index (κ3) is 4.37. The van der Waals surface area contributed by atoms with Gasteiger partial charge in [0.15, 0.2) is 9.84 Å². The summed E-state index contributed by atoms with van der Waals surface area (Å²) in [7, 11) is -3.03. The third-order valence-electron chi connectivity index (χ3n) is 4.48. The molecule has 138 valence electrons. The van der Waals surface area contributed by atoms with Crippen molar-refractivity contribution in [2.24, 2.45) is 0 Å². The zero-order valence-electron chi connectivity index (χ0n) is 14.6. The molecule has 3 heterocycles. The van der Waals surface area contributed by atoms with Crippen LogP contribution in [-0.2, 0) is 16.4 Å². The summed E-state index contributed by atoms with van der Waals surface area (Å²) in [6.07, 6.45) is 5.49. The zero-order valence-corrected chi connectivity index (χ0v) is 15.4. The van der Waals surface area contributed by atoms with Gasteiger partial charge in [-0.1, -0.05) is 0 Å². The van der Waals surface area contributed by atoms with Crippen LogP contribution in [0.2, 0.25) is 0 Å². The molecule has 8 heteroatoms.